The summed E-state index contributed by atoms with van der Waals surface area (Å²) < 4.78 is 28.1. The first-order valence-corrected chi connectivity index (χ1v) is 7.23. The Morgan fingerprint density at radius 2 is 2.00 bits per heavy atom. The summed E-state index contributed by atoms with van der Waals surface area (Å²) in [6, 6.07) is 5.09. The number of aryl methyl sites for hydroxylation is 2. The normalized spacial score (nSPS) is 11.1. The monoisotopic (exact) mass is 307 g/mol. The highest BCUT2D eigenvalue weighted by Crippen LogP contribution is 2.16. The van der Waals surface area contributed by atoms with Crippen LogP contribution in [0.4, 0.5) is 8.78 Å². The molecule has 0 unspecified atom stereocenters. The lowest BCUT2D eigenvalue weighted by atomic mass is 10.1. The molecule has 1 aromatic heterocycles. The highest BCUT2D eigenvalue weighted by Gasteiger charge is 2.14. The number of hydrogen-bond acceptors (Lipinski definition) is 1. The van der Waals surface area contributed by atoms with Crippen molar-refractivity contribution in [3.8, 4) is 0 Å². The molecule has 0 bridgehead atoms. The van der Waals surface area contributed by atoms with Gasteiger partial charge in [-0.15, -0.1) is 0 Å². The molecule has 0 atom stereocenters. The third kappa shape index (κ3) is 3.93. The first kappa shape index (κ1) is 16.2. The van der Waals surface area contributed by atoms with Crippen LogP contribution in [0.5, 0.6) is 0 Å². The molecule has 0 aliphatic heterocycles. The predicted octanol–water partition coefficient (Wildman–Crippen LogP) is 3.91. The lowest BCUT2D eigenvalue weighted by Crippen LogP contribution is -2.09. The SMILES string of the molecule is CC(C)Cc1cc(C(=O)O)n(CCc2ccc(F)cc2F)c1. The van der Waals surface area contributed by atoms with Crippen molar-refractivity contribution in [2.45, 2.75) is 33.2 Å². The van der Waals surface area contributed by atoms with Crippen molar-refractivity contribution in [3.63, 3.8) is 0 Å². The minimum Gasteiger partial charge on any atom is -0.477 e. The van der Waals surface area contributed by atoms with Crippen LogP contribution >= 0.6 is 0 Å². The van der Waals surface area contributed by atoms with E-state index in [1.54, 1.807) is 16.8 Å². The van der Waals surface area contributed by atoms with Gasteiger partial charge in [0.25, 0.3) is 0 Å². The number of halogens is 2. The molecule has 0 saturated heterocycles. The molecule has 3 nitrogen and oxygen atoms in total. The van der Waals surface area contributed by atoms with Crippen LogP contribution in [-0.4, -0.2) is 15.6 Å². The summed E-state index contributed by atoms with van der Waals surface area (Å²) in [5.74, 6) is -1.80. The first-order chi connectivity index (χ1) is 10.4. The molecule has 1 N–H and O–H groups in total. The molecule has 0 spiro atoms. The molecule has 0 aliphatic rings. The van der Waals surface area contributed by atoms with Crippen molar-refractivity contribution in [3.05, 3.63) is 58.9 Å². The van der Waals surface area contributed by atoms with Crippen LogP contribution < -0.4 is 0 Å². The number of rotatable bonds is 6. The van der Waals surface area contributed by atoms with Crippen LogP contribution in [0.25, 0.3) is 0 Å². The van der Waals surface area contributed by atoms with Crippen LogP contribution in [0.1, 0.15) is 35.5 Å². The molecule has 0 radical (unpaired) electrons. The predicted molar refractivity (Wildman–Crippen MR) is 80.0 cm³/mol. The Hall–Kier alpha value is -2.17. The van der Waals surface area contributed by atoms with Gasteiger partial charge in [-0.05, 0) is 42.0 Å². The molecule has 1 aromatic carbocycles. The summed E-state index contributed by atoms with van der Waals surface area (Å²) >= 11 is 0. The minimum absolute atomic E-state index is 0.193. The number of aromatic nitrogens is 1. The van der Waals surface area contributed by atoms with Crippen molar-refractivity contribution in [1.82, 2.24) is 4.57 Å². The molecule has 22 heavy (non-hydrogen) atoms. The van der Waals surface area contributed by atoms with Crippen LogP contribution in [0.15, 0.2) is 30.5 Å². The molecule has 0 amide bonds. The Morgan fingerprint density at radius 1 is 1.27 bits per heavy atom. The van der Waals surface area contributed by atoms with E-state index >= 15 is 0 Å². The molecule has 0 aliphatic carbocycles. The van der Waals surface area contributed by atoms with E-state index in [2.05, 4.69) is 13.8 Å². The Labute approximate surface area is 128 Å². The summed E-state index contributed by atoms with van der Waals surface area (Å²) in [5, 5.41) is 9.26. The third-order valence-electron chi connectivity index (χ3n) is 3.45. The van der Waals surface area contributed by atoms with Crippen LogP contribution in [0, 0.1) is 17.6 Å². The molecular formula is C17H19F2NO2. The van der Waals surface area contributed by atoms with Gasteiger partial charge in [-0.2, -0.15) is 0 Å². The van der Waals surface area contributed by atoms with E-state index in [0.717, 1.165) is 18.1 Å². The summed E-state index contributed by atoms with van der Waals surface area (Å²) in [6.45, 7) is 4.46. The second kappa shape index (κ2) is 6.73. The number of aromatic carboxylic acids is 1. The van der Waals surface area contributed by atoms with Gasteiger partial charge in [-0.25, -0.2) is 13.6 Å². The van der Waals surface area contributed by atoms with Crippen molar-refractivity contribution in [2.24, 2.45) is 5.92 Å². The van der Waals surface area contributed by atoms with Crippen molar-refractivity contribution in [2.75, 3.05) is 0 Å². The molecule has 5 heteroatoms. The van der Waals surface area contributed by atoms with Gasteiger partial charge in [0.1, 0.15) is 17.3 Å². The molecule has 118 valence electrons. The van der Waals surface area contributed by atoms with Gasteiger partial charge < -0.3 is 9.67 Å². The lowest BCUT2D eigenvalue weighted by Gasteiger charge is -2.07. The number of benzene rings is 1. The number of carbonyl (C=O) groups is 1. The van der Waals surface area contributed by atoms with E-state index in [1.165, 1.54) is 12.1 Å². The van der Waals surface area contributed by atoms with Crippen LogP contribution in [0.2, 0.25) is 0 Å². The summed E-state index contributed by atoms with van der Waals surface area (Å²) in [6.07, 6.45) is 2.89. The smallest absolute Gasteiger partial charge is 0.352 e. The molecule has 2 aromatic rings. The molecule has 1 heterocycles. The van der Waals surface area contributed by atoms with Gasteiger partial charge in [0.05, 0.1) is 0 Å². The van der Waals surface area contributed by atoms with Gasteiger partial charge in [-0.3, -0.25) is 0 Å². The Kier molecular flexibility index (Phi) is 4.96. The third-order valence-corrected chi connectivity index (χ3v) is 3.45. The van der Waals surface area contributed by atoms with E-state index in [4.69, 9.17) is 0 Å². The van der Waals surface area contributed by atoms with E-state index in [9.17, 15) is 18.7 Å². The Morgan fingerprint density at radius 3 is 2.59 bits per heavy atom. The zero-order valence-electron chi connectivity index (χ0n) is 12.6. The minimum atomic E-state index is -1.01. The van der Waals surface area contributed by atoms with E-state index < -0.39 is 17.6 Å². The fraction of sp³-hybridized carbons (Fsp3) is 0.353. The average molecular weight is 307 g/mol. The van der Waals surface area contributed by atoms with Gasteiger partial charge in [0.15, 0.2) is 0 Å². The number of hydrogen-bond donors (Lipinski definition) is 1. The first-order valence-electron chi connectivity index (χ1n) is 7.23. The molecule has 2 rings (SSSR count). The number of nitrogens with zero attached hydrogens (tertiary/aromatic N) is 1. The molecular weight excluding hydrogens is 288 g/mol. The van der Waals surface area contributed by atoms with Crippen molar-refractivity contribution < 1.29 is 18.7 Å². The summed E-state index contributed by atoms with van der Waals surface area (Å²) in [4.78, 5) is 11.3. The maximum atomic E-state index is 13.6. The van der Waals surface area contributed by atoms with E-state index in [-0.39, 0.29) is 5.69 Å². The van der Waals surface area contributed by atoms with Crippen molar-refractivity contribution >= 4 is 5.97 Å². The number of carboxylic acids is 1. The van der Waals surface area contributed by atoms with Gasteiger partial charge in [0, 0.05) is 18.8 Å². The molecule has 0 fully saturated rings. The van der Waals surface area contributed by atoms with Gasteiger partial charge in [-0.1, -0.05) is 19.9 Å². The summed E-state index contributed by atoms with van der Waals surface area (Å²) in [5.41, 5.74) is 1.52. The lowest BCUT2D eigenvalue weighted by molar-refractivity contribution is 0.0685. The average Bonchev–Trinajstić information content (AvgIpc) is 2.80. The zero-order chi connectivity index (χ0) is 16.3. The van der Waals surface area contributed by atoms with E-state index in [1.807, 2.05) is 0 Å². The van der Waals surface area contributed by atoms with Gasteiger partial charge >= 0.3 is 5.97 Å². The zero-order valence-corrected chi connectivity index (χ0v) is 12.6. The fourth-order valence-corrected chi connectivity index (χ4v) is 2.48. The highest BCUT2D eigenvalue weighted by molar-refractivity contribution is 5.86. The largest absolute Gasteiger partial charge is 0.477 e. The quantitative estimate of drug-likeness (QED) is 0.879. The Balaban J connectivity index is 2.17. The second-order valence-corrected chi connectivity index (χ2v) is 5.82. The highest BCUT2D eigenvalue weighted by atomic mass is 19.1. The van der Waals surface area contributed by atoms with Crippen LogP contribution in [-0.2, 0) is 19.4 Å². The van der Waals surface area contributed by atoms with Gasteiger partial charge in [0.2, 0.25) is 0 Å². The fourth-order valence-electron chi connectivity index (χ4n) is 2.48. The summed E-state index contributed by atoms with van der Waals surface area (Å²) in [7, 11) is 0. The van der Waals surface area contributed by atoms with Crippen LogP contribution in [0.3, 0.4) is 0 Å². The second-order valence-electron chi connectivity index (χ2n) is 5.82. The maximum Gasteiger partial charge on any atom is 0.352 e. The molecule has 0 saturated carbocycles. The maximum absolute atomic E-state index is 13.6. The standard InChI is InChI=1S/C17H19F2NO2/c1-11(2)7-12-8-16(17(21)22)20(10-12)6-5-13-3-4-14(18)9-15(13)19/h3-4,8-11H,5-7H2,1-2H3,(H,21,22). The van der Waals surface area contributed by atoms with E-state index in [0.29, 0.717) is 24.4 Å². The number of carboxylic acid groups (broad SMARTS) is 1. The van der Waals surface area contributed by atoms with Crippen molar-refractivity contribution in [1.29, 1.82) is 0 Å². The topological polar surface area (TPSA) is 42.2 Å². The Bertz CT molecular complexity index is 677.